The SMILES string of the molecule is O=C1CCCC2(CCN(c3cc(Cl)nn(Cc4ccccc4)c3=O)CC2)N1c1ccc(F)c(F)c1. The molecule has 0 unspecified atom stereocenters. The predicted molar refractivity (Wildman–Crippen MR) is 131 cm³/mol. The number of carbonyl (C=O) groups excluding carboxylic acids is 1. The fourth-order valence-corrected chi connectivity index (χ4v) is 5.52. The zero-order chi connectivity index (χ0) is 24.6. The highest BCUT2D eigenvalue weighted by Gasteiger charge is 2.45. The van der Waals surface area contributed by atoms with E-state index in [1.165, 1.54) is 10.7 Å². The van der Waals surface area contributed by atoms with Crippen molar-refractivity contribution in [3.63, 3.8) is 0 Å². The Kier molecular flexibility index (Phi) is 6.32. The van der Waals surface area contributed by atoms with Gasteiger partial charge in [-0.15, -0.1) is 0 Å². The van der Waals surface area contributed by atoms with Crippen molar-refractivity contribution in [2.24, 2.45) is 0 Å². The van der Waals surface area contributed by atoms with Crippen molar-refractivity contribution in [2.75, 3.05) is 22.9 Å². The number of halogens is 3. The molecule has 9 heteroatoms. The molecule has 1 amide bonds. The number of hydrogen-bond donors (Lipinski definition) is 0. The fraction of sp³-hybridized carbons (Fsp3) is 0.346. The third kappa shape index (κ3) is 4.55. The summed E-state index contributed by atoms with van der Waals surface area (Å²) in [6.07, 6.45) is 3.06. The number of carbonyl (C=O) groups is 1. The molecule has 2 aliphatic rings. The molecular formula is C26H25ClF2N4O2. The molecule has 3 aromatic rings. The quantitative estimate of drug-likeness (QED) is 0.519. The second-order valence-electron chi connectivity index (χ2n) is 9.19. The summed E-state index contributed by atoms with van der Waals surface area (Å²) in [5.41, 5.74) is 1.05. The van der Waals surface area contributed by atoms with Gasteiger partial charge in [0.2, 0.25) is 5.91 Å². The van der Waals surface area contributed by atoms with Gasteiger partial charge in [-0.2, -0.15) is 5.10 Å². The smallest absolute Gasteiger partial charge is 0.290 e. The van der Waals surface area contributed by atoms with Gasteiger partial charge in [0, 0.05) is 37.3 Å². The van der Waals surface area contributed by atoms with Crippen molar-refractivity contribution < 1.29 is 13.6 Å². The molecule has 1 spiro atoms. The molecular weight excluding hydrogens is 474 g/mol. The second kappa shape index (κ2) is 9.41. The van der Waals surface area contributed by atoms with Crippen LogP contribution in [0.3, 0.4) is 0 Å². The van der Waals surface area contributed by atoms with Crippen molar-refractivity contribution >= 4 is 28.9 Å². The molecule has 0 radical (unpaired) electrons. The van der Waals surface area contributed by atoms with E-state index in [1.54, 1.807) is 11.0 Å². The summed E-state index contributed by atoms with van der Waals surface area (Å²) >= 11 is 6.28. The van der Waals surface area contributed by atoms with E-state index in [0.29, 0.717) is 50.3 Å². The van der Waals surface area contributed by atoms with Crippen LogP contribution in [0.5, 0.6) is 0 Å². The van der Waals surface area contributed by atoms with Gasteiger partial charge >= 0.3 is 0 Å². The fourth-order valence-electron chi connectivity index (χ4n) is 5.32. The summed E-state index contributed by atoms with van der Waals surface area (Å²) < 4.78 is 28.9. The Labute approximate surface area is 206 Å². The average Bonchev–Trinajstić information content (AvgIpc) is 2.85. The van der Waals surface area contributed by atoms with E-state index in [0.717, 1.165) is 30.5 Å². The van der Waals surface area contributed by atoms with E-state index >= 15 is 0 Å². The molecule has 0 N–H and O–H groups in total. The Morgan fingerprint density at radius 2 is 1.69 bits per heavy atom. The van der Waals surface area contributed by atoms with Crippen molar-refractivity contribution in [3.05, 3.63) is 87.3 Å². The van der Waals surface area contributed by atoms with E-state index in [9.17, 15) is 18.4 Å². The lowest BCUT2D eigenvalue weighted by Gasteiger charge is -2.51. The molecule has 1 aromatic heterocycles. The zero-order valence-corrected chi connectivity index (χ0v) is 19.8. The highest BCUT2D eigenvalue weighted by molar-refractivity contribution is 6.29. The van der Waals surface area contributed by atoms with Crippen LogP contribution in [0.2, 0.25) is 5.15 Å². The van der Waals surface area contributed by atoms with Gasteiger partial charge in [0.05, 0.1) is 12.1 Å². The van der Waals surface area contributed by atoms with E-state index in [2.05, 4.69) is 5.10 Å². The van der Waals surface area contributed by atoms with Crippen LogP contribution in [0.25, 0.3) is 0 Å². The van der Waals surface area contributed by atoms with Gasteiger partial charge in [-0.1, -0.05) is 41.9 Å². The molecule has 0 aliphatic carbocycles. The average molecular weight is 499 g/mol. The lowest BCUT2D eigenvalue weighted by atomic mass is 9.77. The molecule has 35 heavy (non-hydrogen) atoms. The van der Waals surface area contributed by atoms with Crippen molar-refractivity contribution in [2.45, 2.75) is 44.2 Å². The summed E-state index contributed by atoms with van der Waals surface area (Å²) in [4.78, 5) is 29.8. The summed E-state index contributed by atoms with van der Waals surface area (Å²) in [6.45, 7) is 1.35. The van der Waals surface area contributed by atoms with Crippen LogP contribution in [0, 0.1) is 11.6 Å². The monoisotopic (exact) mass is 498 g/mol. The molecule has 5 rings (SSSR count). The molecule has 0 bridgehead atoms. The lowest BCUT2D eigenvalue weighted by molar-refractivity contribution is -0.121. The minimum Gasteiger partial charge on any atom is -0.367 e. The summed E-state index contributed by atoms with van der Waals surface area (Å²) in [5, 5.41) is 4.44. The number of anilines is 2. The maximum Gasteiger partial charge on any atom is 0.290 e. The van der Waals surface area contributed by atoms with Crippen molar-refractivity contribution in [3.8, 4) is 0 Å². The molecule has 2 aliphatic heterocycles. The van der Waals surface area contributed by atoms with Crippen LogP contribution in [0.4, 0.5) is 20.2 Å². The number of nitrogens with zero attached hydrogens (tertiary/aromatic N) is 4. The Balaban J connectivity index is 1.41. The predicted octanol–water partition coefficient (Wildman–Crippen LogP) is 4.78. The topological polar surface area (TPSA) is 58.4 Å². The highest BCUT2D eigenvalue weighted by Crippen LogP contribution is 2.41. The number of piperidine rings is 2. The molecule has 3 heterocycles. The van der Waals surface area contributed by atoms with E-state index in [-0.39, 0.29) is 16.6 Å². The number of benzene rings is 2. The summed E-state index contributed by atoms with van der Waals surface area (Å²) in [5.74, 6) is -2.00. The maximum absolute atomic E-state index is 14.0. The number of amides is 1. The first-order chi connectivity index (χ1) is 16.9. The molecule has 182 valence electrons. The summed E-state index contributed by atoms with van der Waals surface area (Å²) in [7, 11) is 0. The number of aromatic nitrogens is 2. The van der Waals surface area contributed by atoms with Gasteiger partial charge < -0.3 is 9.80 Å². The molecule has 2 aromatic carbocycles. The largest absolute Gasteiger partial charge is 0.367 e. The van der Waals surface area contributed by atoms with Gasteiger partial charge in [-0.25, -0.2) is 13.5 Å². The normalized spacial score (nSPS) is 17.7. The Morgan fingerprint density at radius 1 is 0.943 bits per heavy atom. The van der Waals surface area contributed by atoms with E-state index in [4.69, 9.17) is 11.6 Å². The van der Waals surface area contributed by atoms with Crippen LogP contribution in [0.15, 0.2) is 59.4 Å². The standard InChI is InChI=1S/C26H25ClF2N4O2/c27-23-16-22(25(35)32(30-23)17-18-5-2-1-3-6-18)31-13-11-26(12-14-31)10-4-7-24(34)33(26)19-8-9-20(28)21(29)15-19/h1-3,5-6,8-9,15-16H,4,7,10-14,17H2. The second-order valence-corrected chi connectivity index (χ2v) is 9.58. The highest BCUT2D eigenvalue weighted by atomic mass is 35.5. The van der Waals surface area contributed by atoms with Crippen LogP contribution < -0.4 is 15.4 Å². The van der Waals surface area contributed by atoms with Gasteiger partial charge in [0.1, 0.15) is 5.69 Å². The van der Waals surface area contributed by atoms with Crippen LogP contribution in [-0.2, 0) is 11.3 Å². The first-order valence-corrected chi connectivity index (χ1v) is 12.1. The lowest BCUT2D eigenvalue weighted by Crippen LogP contribution is -2.60. The van der Waals surface area contributed by atoms with Gasteiger partial charge in [0.15, 0.2) is 16.8 Å². The first-order valence-electron chi connectivity index (χ1n) is 11.7. The molecule has 2 fully saturated rings. The van der Waals surface area contributed by atoms with Crippen LogP contribution in [0.1, 0.15) is 37.7 Å². The zero-order valence-electron chi connectivity index (χ0n) is 19.1. The minimum atomic E-state index is -0.973. The van der Waals surface area contributed by atoms with Gasteiger partial charge in [0.25, 0.3) is 5.56 Å². The van der Waals surface area contributed by atoms with E-state index in [1.807, 2.05) is 35.2 Å². The number of rotatable bonds is 4. The first kappa shape index (κ1) is 23.5. The Hall–Kier alpha value is -3.26. The van der Waals surface area contributed by atoms with Gasteiger partial charge in [-0.3, -0.25) is 9.59 Å². The van der Waals surface area contributed by atoms with Crippen molar-refractivity contribution in [1.82, 2.24) is 9.78 Å². The maximum atomic E-state index is 14.0. The van der Waals surface area contributed by atoms with Crippen LogP contribution in [-0.4, -0.2) is 34.3 Å². The Morgan fingerprint density at radius 3 is 2.40 bits per heavy atom. The number of hydrogen-bond acceptors (Lipinski definition) is 4. The van der Waals surface area contributed by atoms with Crippen LogP contribution >= 0.6 is 11.6 Å². The molecule has 6 nitrogen and oxygen atoms in total. The third-order valence-corrected chi connectivity index (χ3v) is 7.24. The molecule has 0 atom stereocenters. The van der Waals surface area contributed by atoms with Crippen molar-refractivity contribution in [1.29, 1.82) is 0 Å². The Bertz CT molecular complexity index is 1310. The molecule has 0 saturated carbocycles. The third-order valence-electron chi connectivity index (χ3n) is 7.05. The van der Waals surface area contributed by atoms with E-state index < -0.39 is 17.2 Å². The molecule has 2 saturated heterocycles. The minimum absolute atomic E-state index is 0.0899. The summed E-state index contributed by atoms with van der Waals surface area (Å²) in [6, 6.07) is 14.8. The van der Waals surface area contributed by atoms with Gasteiger partial charge in [-0.05, 0) is 43.4 Å².